The van der Waals surface area contributed by atoms with Crippen LogP contribution in [0, 0.1) is 5.82 Å². The number of aromatic nitrogens is 1. The number of rotatable bonds is 4. The van der Waals surface area contributed by atoms with Gasteiger partial charge in [0.1, 0.15) is 11.4 Å². The Kier molecular flexibility index (Phi) is 5.70. The van der Waals surface area contributed by atoms with Gasteiger partial charge in [0.2, 0.25) is 5.91 Å². The molecule has 0 saturated heterocycles. The lowest BCUT2D eigenvalue weighted by atomic mass is 9.95. The molecule has 0 bridgehead atoms. The van der Waals surface area contributed by atoms with Crippen molar-refractivity contribution in [3.63, 3.8) is 0 Å². The van der Waals surface area contributed by atoms with E-state index in [4.69, 9.17) is 0 Å². The maximum atomic E-state index is 13.4. The molecule has 2 aromatic rings. The van der Waals surface area contributed by atoms with E-state index in [1.165, 1.54) is 28.8 Å². The van der Waals surface area contributed by atoms with Crippen molar-refractivity contribution >= 4 is 11.8 Å². The maximum absolute atomic E-state index is 13.4. The van der Waals surface area contributed by atoms with Gasteiger partial charge >= 0.3 is 0 Å². The van der Waals surface area contributed by atoms with Gasteiger partial charge in [0.25, 0.3) is 11.5 Å². The van der Waals surface area contributed by atoms with Crippen LogP contribution < -0.4 is 10.9 Å². The summed E-state index contributed by atoms with van der Waals surface area (Å²) in [5.41, 5.74) is 1.72. The number of amides is 2. The molecule has 0 spiro atoms. The molecule has 1 saturated carbocycles. The number of hydrogen-bond donors (Lipinski definition) is 1. The largest absolute Gasteiger partial charge is 0.349 e. The Morgan fingerprint density at radius 3 is 2.53 bits per heavy atom. The lowest BCUT2D eigenvalue weighted by Gasteiger charge is -2.30. The molecule has 7 heteroatoms. The highest BCUT2D eigenvalue weighted by atomic mass is 19.1. The molecule has 0 atom stereocenters. The summed E-state index contributed by atoms with van der Waals surface area (Å²) in [5, 5.41) is 3.03. The highest BCUT2D eigenvalue weighted by Gasteiger charge is 2.29. The van der Waals surface area contributed by atoms with Crippen LogP contribution in [0.5, 0.6) is 0 Å². The van der Waals surface area contributed by atoms with Crippen LogP contribution in [0.3, 0.4) is 0 Å². The van der Waals surface area contributed by atoms with E-state index >= 15 is 0 Å². The number of hydrogen-bond acceptors (Lipinski definition) is 3. The van der Waals surface area contributed by atoms with Gasteiger partial charge in [0.05, 0.1) is 0 Å². The SMILES string of the molecule is CCC(=O)N1CCc2c(cn(-c3ccc(F)cc3)c(=O)c2C(=O)NC2CCCC2)C1. The summed E-state index contributed by atoms with van der Waals surface area (Å²) in [4.78, 5) is 40.5. The first kappa shape index (κ1) is 20.3. The molecule has 1 N–H and O–H groups in total. The number of pyridine rings is 1. The second kappa shape index (κ2) is 8.42. The predicted octanol–water partition coefficient (Wildman–Crippen LogP) is 2.94. The number of carbonyl (C=O) groups excluding carboxylic acids is 2. The Labute approximate surface area is 174 Å². The highest BCUT2D eigenvalue weighted by Crippen LogP contribution is 2.24. The first-order valence-electron chi connectivity index (χ1n) is 10.6. The number of fused-ring (bicyclic) bond motifs is 1. The molecule has 1 aromatic heterocycles. The Bertz CT molecular complexity index is 1020. The van der Waals surface area contributed by atoms with Crippen molar-refractivity contribution in [2.75, 3.05) is 6.54 Å². The molecule has 1 fully saturated rings. The number of benzene rings is 1. The molecule has 0 unspecified atom stereocenters. The van der Waals surface area contributed by atoms with Crippen molar-refractivity contribution in [1.82, 2.24) is 14.8 Å². The Morgan fingerprint density at radius 1 is 1.17 bits per heavy atom. The molecule has 2 amide bonds. The van der Waals surface area contributed by atoms with Gasteiger partial charge in [-0.2, -0.15) is 0 Å². The Balaban J connectivity index is 1.80. The second-order valence-corrected chi connectivity index (χ2v) is 8.03. The zero-order valence-corrected chi connectivity index (χ0v) is 17.1. The van der Waals surface area contributed by atoms with Gasteiger partial charge in [-0.1, -0.05) is 19.8 Å². The summed E-state index contributed by atoms with van der Waals surface area (Å²) in [7, 11) is 0. The van der Waals surface area contributed by atoms with Crippen molar-refractivity contribution in [3.05, 3.63) is 63.3 Å². The molecular weight excluding hydrogens is 385 g/mol. The fraction of sp³-hybridized carbons (Fsp3) is 0.435. The number of carbonyl (C=O) groups is 2. The van der Waals surface area contributed by atoms with Crippen LogP contribution in [0.4, 0.5) is 4.39 Å². The summed E-state index contributed by atoms with van der Waals surface area (Å²) in [6, 6.07) is 5.69. The van der Waals surface area contributed by atoms with Gasteiger partial charge in [-0.15, -0.1) is 0 Å². The molecule has 1 aliphatic carbocycles. The summed E-state index contributed by atoms with van der Waals surface area (Å²) >= 11 is 0. The first-order chi connectivity index (χ1) is 14.5. The first-order valence-corrected chi connectivity index (χ1v) is 10.6. The van der Waals surface area contributed by atoms with Gasteiger partial charge in [-0.3, -0.25) is 19.0 Å². The van der Waals surface area contributed by atoms with Gasteiger partial charge < -0.3 is 10.2 Å². The average Bonchev–Trinajstić information content (AvgIpc) is 3.26. The summed E-state index contributed by atoms with van der Waals surface area (Å²) in [6.45, 7) is 2.66. The van der Waals surface area contributed by atoms with Crippen LogP contribution in [-0.2, 0) is 17.8 Å². The summed E-state index contributed by atoms with van der Waals surface area (Å²) < 4.78 is 14.8. The van der Waals surface area contributed by atoms with E-state index in [2.05, 4.69) is 5.32 Å². The van der Waals surface area contributed by atoms with Crippen LogP contribution in [0.15, 0.2) is 35.3 Å². The minimum Gasteiger partial charge on any atom is -0.349 e. The van der Waals surface area contributed by atoms with Crippen LogP contribution >= 0.6 is 0 Å². The number of nitrogens with one attached hydrogen (secondary N) is 1. The van der Waals surface area contributed by atoms with Crippen molar-refractivity contribution in [1.29, 1.82) is 0 Å². The lowest BCUT2D eigenvalue weighted by Crippen LogP contribution is -2.42. The van der Waals surface area contributed by atoms with Crippen molar-refractivity contribution < 1.29 is 14.0 Å². The van der Waals surface area contributed by atoms with E-state index in [-0.39, 0.29) is 23.4 Å². The van der Waals surface area contributed by atoms with Crippen LogP contribution in [0.1, 0.15) is 60.5 Å². The zero-order chi connectivity index (χ0) is 21.3. The molecular formula is C23H26FN3O3. The maximum Gasteiger partial charge on any atom is 0.268 e. The standard InChI is InChI=1S/C23H26FN3O3/c1-2-20(28)26-12-11-19-15(13-26)14-27(18-9-7-16(24)8-10-18)23(30)21(19)22(29)25-17-5-3-4-6-17/h7-10,14,17H,2-6,11-13H2,1H3,(H,25,29). The summed E-state index contributed by atoms with van der Waals surface area (Å²) in [5.74, 6) is -0.712. The van der Waals surface area contributed by atoms with Crippen LogP contribution in [0.25, 0.3) is 5.69 Å². The van der Waals surface area contributed by atoms with E-state index in [1.54, 1.807) is 11.1 Å². The molecule has 6 nitrogen and oxygen atoms in total. The predicted molar refractivity (Wildman–Crippen MR) is 111 cm³/mol. The minimum atomic E-state index is -0.411. The molecule has 30 heavy (non-hydrogen) atoms. The molecule has 2 aliphatic rings. The van der Waals surface area contributed by atoms with Gasteiger partial charge in [-0.05, 0) is 54.7 Å². The molecule has 158 valence electrons. The average molecular weight is 411 g/mol. The topological polar surface area (TPSA) is 71.4 Å². The third-order valence-electron chi connectivity index (χ3n) is 6.08. The van der Waals surface area contributed by atoms with E-state index in [9.17, 15) is 18.8 Å². The lowest BCUT2D eigenvalue weighted by molar-refractivity contribution is -0.131. The molecule has 1 aliphatic heterocycles. The highest BCUT2D eigenvalue weighted by molar-refractivity contribution is 5.96. The quantitative estimate of drug-likeness (QED) is 0.841. The number of halogens is 1. The van der Waals surface area contributed by atoms with Crippen LogP contribution in [-0.4, -0.2) is 33.9 Å². The number of nitrogens with zero attached hydrogens (tertiary/aromatic N) is 2. The van der Waals surface area contributed by atoms with Crippen molar-refractivity contribution in [3.8, 4) is 5.69 Å². The third-order valence-corrected chi connectivity index (χ3v) is 6.08. The Hall–Kier alpha value is -2.96. The van der Waals surface area contributed by atoms with Gasteiger partial charge in [0.15, 0.2) is 0 Å². The third kappa shape index (κ3) is 3.88. The molecule has 1 aromatic carbocycles. The molecule has 2 heterocycles. The van der Waals surface area contributed by atoms with E-state index in [1.807, 2.05) is 6.92 Å². The van der Waals surface area contributed by atoms with Crippen molar-refractivity contribution in [2.24, 2.45) is 0 Å². The smallest absolute Gasteiger partial charge is 0.268 e. The molecule has 4 rings (SSSR count). The minimum absolute atomic E-state index is 0.0390. The normalized spacial score (nSPS) is 16.4. The van der Waals surface area contributed by atoms with E-state index in [0.29, 0.717) is 37.2 Å². The van der Waals surface area contributed by atoms with Gasteiger partial charge in [0, 0.05) is 37.4 Å². The van der Waals surface area contributed by atoms with E-state index < -0.39 is 11.4 Å². The fourth-order valence-electron chi connectivity index (χ4n) is 4.45. The zero-order valence-electron chi connectivity index (χ0n) is 17.1. The van der Waals surface area contributed by atoms with E-state index in [0.717, 1.165) is 31.2 Å². The second-order valence-electron chi connectivity index (χ2n) is 8.03. The van der Waals surface area contributed by atoms with Crippen LogP contribution in [0.2, 0.25) is 0 Å². The van der Waals surface area contributed by atoms with Crippen molar-refractivity contribution in [2.45, 2.75) is 58.0 Å². The monoisotopic (exact) mass is 411 g/mol. The summed E-state index contributed by atoms with van der Waals surface area (Å²) in [6.07, 6.45) is 6.55. The van der Waals surface area contributed by atoms with Gasteiger partial charge in [-0.25, -0.2) is 4.39 Å². The Morgan fingerprint density at radius 2 is 1.87 bits per heavy atom. The molecule has 0 radical (unpaired) electrons. The fourth-order valence-corrected chi connectivity index (χ4v) is 4.45.